The summed E-state index contributed by atoms with van der Waals surface area (Å²) in [6, 6.07) is 0. The lowest BCUT2D eigenvalue weighted by Gasteiger charge is -2.14. The van der Waals surface area contributed by atoms with Gasteiger partial charge in [0.05, 0.1) is 11.8 Å². The molecule has 0 aromatic carbocycles. The first kappa shape index (κ1) is 9.18. The van der Waals surface area contributed by atoms with Crippen molar-refractivity contribution < 1.29 is 4.52 Å². The molecule has 0 saturated carbocycles. The number of nitrogens with zero attached hydrogens (tertiary/aromatic N) is 3. The molecular formula is C9H14N4O. The molecule has 1 atom stereocenters. The Balaban J connectivity index is 2.05. The number of aryl methyl sites for hydroxylation is 1. The number of hydrogen-bond donors (Lipinski definition) is 1. The van der Waals surface area contributed by atoms with Crippen molar-refractivity contribution in [3.05, 3.63) is 11.7 Å². The minimum Gasteiger partial charge on any atom is -0.360 e. The molecule has 2 rings (SSSR count). The third kappa shape index (κ3) is 1.62. The number of hydrogen-bond acceptors (Lipinski definition) is 4. The maximum atomic E-state index is 7.51. The Bertz CT molecular complexity index is 346. The SMILES string of the molecule is CC(=N)N1CC[C@@H](c2nc(C)no2)C1. The molecule has 0 aliphatic carbocycles. The molecule has 5 nitrogen and oxygen atoms in total. The number of rotatable bonds is 1. The molecule has 0 unspecified atom stereocenters. The Morgan fingerprint density at radius 3 is 2.93 bits per heavy atom. The Morgan fingerprint density at radius 1 is 1.64 bits per heavy atom. The average Bonchev–Trinajstić information content (AvgIpc) is 2.70. The highest BCUT2D eigenvalue weighted by atomic mass is 16.5. The van der Waals surface area contributed by atoms with E-state index < -0.39 is 0 Å². The molecule has 0 bridgehead atoms. The monoisotopic (exact) mass is 194 g/mol. The van der Waals surface area contributed by atoms with Crippen molar-refractivity contribution in [3.8, 4) is 0 Å². The van der Waals surface area contributed by atoms with E-state index in [1.807, 2.05) is 11.8 Å². The van der Waals surface area contributed by atoms with E-state index in [1.54, 1.807) is 6.92 Å². The van der Waals surface area contributed by atoms with Crippen molar-refractivity contribution in [2.75, 3.05) is 13.1 Å². The molecule has 1 aromatic heterocycles. The van der Waals surface area contributed by atoms with Gasteiger partial charge >= 0.3 is 0 Å². The van der Waals surface area contributed by atoms with E-state index in [0.717, 1.165) is 19.5 Å². The van der Waals surface area contributed by atoms with E-state index in [9.17, 15) is 0 Å². The lowest BCUT2D eigenvalue weighted by Crippen LogP contribution is -2.24. The molecule has 2 heterocycles. The fourth-order valence-electron chi connectivity index (χ4n) is 1.75. The predicted octanol–water partition coefficient (Wildman–Crippen LogP) is 1.16. The van der Waals surface area contributed by atoms with E-state index in [2.05, 4.69) is 10.1 Å². The number of nitrogens with one attached hydrogen (secondary N) is 1. The molecule has 14 heavy (non-hydrogen) atoms. The second-order valence-electron chi connectivity index (χ2n) is 3.70. The zero-order valence-electron chi connectivity index (χ0n) is 8.45. The van der Waals surface area contributed by atoms with Crippen LogP contribution in [0.2, 0.25) is 0 Å². The van der Waals surface area contributed by atoms with Gasteiger partial charge in [-0.25, -0.2) is 0 Å². The van der Waals surface area contributed by atoms with E-state index in [1.165, 1.54) is 0 Å². The standard InChI is InChI=1S/C9H14N4O/c1-6(10)13-4-3-8(5-13)9-11-7(2)12-14-9/h8,10H,3-5H2,1-2H3/t8-/m1/s1. The van der Waals surface area contributed by atoms with Gasteiger partial charge < -0.3 is 9.42 Å². The minimum absolute atomic E-state index is 0.302. The van der Waals surface area contributed by atoms with Crippen LogP contribution in [0.15, 0.2) is 4.52 Å². The molecule has 0 spiro atoms. The van der Waals surface area contributed by atoms with Crippen molar-refractivity contribution in [3.63, 3.8) is 0 Å². The van der Waals surface area contributed by atoms with Gasteiger partial charge in [0, 0.05) is 13.1 Å². The molecular weight excluding hydrogens is 180 g/mol. The van der Waals surface area contributed by atoms with Crippen molar-refractivity contribution in [1.82, 2.24) is 15.0 Å². The summed E-state index contributed by atoms with van der Waals surface area (Å²) in [6.45, 7) is 5.38. The third-order valence-electron chi connectivity index (χ3n) is 2.56. The lowest BCUT2D eigenvalue weighted by atomic mass is 10.1. The topological polar surface area (TPSA) is 66.0 Å². The molecule has 0 radical (unpaired) electrons. The first-order valence-electron chi connectivity index (χ1n) is 4.77. The van der Waals surface area contributed by atoms with Crippen LogP contribution in [0.1, 0.15) is 31.0 Å². The van der Waals surface area contributed by atoms with Gasteiger partial charge in [-0.2, -0.15) is 4.98 Å². The second kappa shape index (κ2) is 3.40. The average molecular weight is 194 g/mol. The van der Waals surface area contributed by atoms with Crippen molar-refractivity contribution in [2.24, 2.45) is 0 Å². The van der Waals surface area contributed by atoms with Crippen molar-refractivity contribution >= 4 is 5.84 Å². The van der Waals surface area contributed by atoms with Crippen LogP contribution >= 0.6 is 0 Å². The predicted molar refractivity (Wildman–Crippen MR) is 51.4 cm³/mol. The minimum atomic E-state index is 0.302. The highest BCUT2D eigenvalue weighted by molar-refractivity contribution is 5.76. The van der Waals surface area contributed by atoms with Crippen molar-refractivity contribution in [2.45, 2.75) is 26.2 Å². The van der Waals surface area contributed by atoms with Gasteiger partial charge in [-0.15, -0.1) is 0 Å². The summed E-state index contributed by atoms with van der Waals surface area (Å²) in [5, 5.41) is 11.3. The summed E-state index contributed by atoms with van der Waals surface area (Å²) in [5.74, 6) is 2.32. The molecule has 1 aromatic rings. The molecule has 5 heteroatoms. The fourth-order valence-corrected chi connectivity index (χ4v) is 1.75. The molecule has 1 saturated heterocycles. The molecule has 76 valence electrons. The third-order valence-corrected chi connectivity index (χ3v) is 2.56. The molecule has 1 N–H and O–H groups in total. The number of likely N-dealkylation sites (tertiary alicyclic amines) is 1. The van der Waals surface area contributed by atoms with Gasteiger partial charge in [-0.1, -0.05) is 5.16 Å². The first-order valence-corrected chi connectivity index (χ1v) is 4.77. The zero-order valence-corrected chi connectivity index (χ0v) is 8.45. The van der Waals surface area contributed by atoms with Gasteiger partial charge in [0.2, 0.25) is 5.89 Å². The van der Waals surface area contributed by atoms with Crippen LogP contribution in [-0.2, 0) is 0 Å². The first-order chi connectivity index (χ1) is 6.66. The maximum Gasteiger partial charge on any atom is 0.231 e. The Hall–Kier alpha value is -1.39. The van der Waals surface area contributed by atoms with Crippen LogP contribution in [0.3, 0.4) is 0 Å². The summed E-state index contributed by atoms with van der Waals surface area (Å²) >= 11 is 0. The highest BCUT2D eigenvalue weighted by Crippen LogP contribution is 2.25. The Kier molecular flexibility index (Phi) is 2.23. The van der Waals surface area contributed by atoms with E-state index >= 15 is 0 Å². The van der Waals surface area contributed by atoms with E-state index in [-0.39, 0.29) is 0 Å². The zero-order chi connectivity index (χ0) is 10.1. The van der Waals surface area contributed by atoms with Gasteiger partial charge in [-0.05, 0) is 20.3 Å². The summed E-state index contributed by atoms with van der Waals surface area (Å²) in [5.41, 5.74) is 0. The van der Waals surface area contributed by atoms with Crippen molar-refractivity contribution in [1.29, 1.82) is 5.41 Å². The quantitative estimate of drug-likeness (QED) is 0.538. The number of amidine groups is 1. The lowest BCUT2D eigenvalue weighted by molar-refractivity contribution is 0.351. The fraction of sp³-hybridized carbons (Fsp3) is 0.667. The molecule has 1 fully saturated rings. The highest BCUT2D eigenvalue weighted by Gasteiger charge is 2.28. The summed E-state index contributed by atoms with van der Waals surface area (Å²) in [4.78, 5) is 6.24. The summed E-state index contributed by atoms with van der Waals surface area (Å²) < 4.78 is 5.12. The van der Waals surface area contributed by atoms with Crippen LogP contribution < -0.4 is 0 Å². The molecule has 0 amide bonds. The normalized spacial score (nSPS) is 21.6. The second-order valence-corrected chi connectivity index (χ2v) is 3.70. The Labute approximate surface area is 82.6 Å². The molecule has 1 aliphatic heterocycles. The number of aromatic nitrogens is 2. The Morgan fingerprint density at radius 2 is 2.43 bits per heavy atom. The van der Waals surface area contributed by atoms with Crippen LogP contribution in [0.25, 0.3) is 0 Å². The molecule has 1 aliphatic rings. The smallest absolute Gasteiger partial charge is 0.231 e. The van der Waals surface area contributed by atoms with Gasteiger partial charge in [0.15, 0.2) is 5.82 Å². The van der Waals surface area contributed by atoms with Gasteiger partial charge in [-0.3, -0.25) is 5.41 Å². The summed E-state index contributed by atoms with van der Waals surface area (Å²) in [6.07, 6.45) is 0.998. The van der Waals surface area contributed by atoms with Crippen LogP contribution in [0, 0.1) is 12.3 Å². The largest absolute Gasteiger partial charge is 0.360 e. The van der Waals surface area contributed by atoms with E-state index in [4.69, 9.17) is 9.93 Å². The maximum absolute atomic E-state index is 7.51. The van der Waals surface area contributed by atoms with Crippen LogP contribution in [0.4, 0.5) is 0 Å². The summed E-state index contributed by atoms with van der Waals surface area (Å²) in [7, 11) is 0. The van der Waals surface area contributed by atoms with E-state index in [0.29, 0.717) is 23.5 Å². The van der Waals surface area contributed by atoms with Gasteiger partial charge in [0.1, 0.15) is 0 Å². The van der Waals surface area contributed by atoms with Crippen LogP contribution in [-0.4, -0.2) is 34.0 Å². The van der Waals surface area contributed by atoms with Gasteiger partial charge in [0.25, 0.3) is 0 Å². The van der Waals surface area contributed by atoms with Crippen LogP contribution in [0.5, 0.6) is 0 Å².